The number of hydrogen-bond donors (Lipinski definition) is 1. The minimum Gasteiger partial charge on any atom is -0.351 e. The number of hydrogen-bond acceptors (Lipinski definition) is 2. The fraction of sp³-hybridized carbons (Fsp3) is 0.417. The van der Waals surface area contributed by atoms with Gasteiger partial charge in [-0.05, 0) is 25.7 Å². The lowest BCUT2D eigenvalue weighted by Gasteiger charge is -2.14. The van der Waals surface area contributed by atoms with E-state index in [0.29, 0.717) is 13.1 Å². The first-order valence-corrected chi connectivity index (χ1v) is 5.47. The Kier molecular flexibility index (Phi) is 5.03. The highest BCUT2D eigenvalue weighted by Gasteiger charge is 2.14. The SMILES string of the molecule is CCN(C)CCNC(=O)c1cccc(F)c1F. The normalized spacial score (nSPS) is 10.6. The highest BCUT2D eigenvalue weighted by Crippen LogP contribution is 2.10. The number of nitrogens with one attached hydrogen (secondary N) is 1. The van der Waals surface area contributed by atoms with Crippen LogP contribution in [-0.2, 0) is 0 Å². The third-order valence-electron chi connectivity index (χ3n) is 2.52. The van der Waals surface area contributed by atoms with E-state index in [-0.39, 0.29) is 5.56 Å². The van der Waals surface area contributed by atoms with Gasteiger partial charge in [0.1, 0.15) is 0 Å². The highest BCUT2D eigenvalue weighted by molar-refractivity contribution is 5.94. The van der Waals surface area contributed by atoms with E-state index in [9.17, 15) is 13.6 Å². The van der Waals surface area contributed by atoms with Crippen molar-refractivity contribution < 1.29 is 13.6 Å². The van der Waals surface area contributed by atoms with Crippen molar-refractivity contribution in [2.45, 2.75) is 6.92 Å². The first kappa shape index (κ1) is 13.6. The van der Waals surface area contributed by atoms with Gasteiger partial charge in [-0.1, -0.05) is 13.0 Å². The first-order chi connectivity index (χ1) is 8.06. The predicted molar refractivity (Wildman–Crippen MR) is 61.9 cm³/mol. The summed E-state index contributed by atoms with van der Waals surface area (Å²) in [6.45, 7) is 3.93. The number of rotatable bonds is 5. The van der Waals surface area contributed by atoms with Crippen molar-refractivity contribution in [2.24, 2.45) is 0 Å². The molecule has 0 aliphatic rings. The van der Waals surface area contributed by atoms with Crippen molar-refractivity contribution in [1.29, 1.82) is 0 Å². The zero-order chi connectivity index (χ0) is 12.8. The minimum absolute atomic E-state index is 0.260. The molecule has 0 aliphatic heterocycles. The maximum atomic E-state index is 13.3. The molecule has 17 heavy (non-hydrogen) atoms. The second-order valence-corrected chi connectivity index (χ2v) is 3.75. The van der Waals surface area contributed by atoms with Crippen LogP contribution in [0.2, 0.25) is 0 Å². The highest BCUT2D eigenvalue weighted by atomic mass is 19.2. The van der Waals surface area contributed by atoms with Crippen LogP contribution in [-0.4, -0.2) is 37.5 Å². The predicted octanol–water partition coefficient (Wildman–Crippen LogP) is 1.65. The molecule has 1 amide bonds. The van der Waals surface area contributed by atoms with Gasteiger partial charge in [0.05, 0.1) is 5.56 Å². The average Bonchev–Trinajstić information content (AvgIpc) is 2.32. The van der Waals surface area contributed by atoms with Crippen LogP contribution < -0.4 is 5.32 Å². The van der Waals surface area contributed by atoms with E-state index in [1.165, 1.54) is 12.1 Å². The van der Waals surface area contributed by atoms with Crippen LogP contribution in [0.15, 0.2) is 18.2 Å². The van der Waals surface area contributed by atoms with E-state index in [2.05, 4.69) is 5.32 Å². The Bertz CT molecular complexity index is 396. The molecule has 94 valence electrons. The summed E-state index contributed by atoms with van der Waals surface area (Å²) in [6.07, 6.45) is 0. The van der Waals surface area contributed by atoms with Crippen molar-refractivity contribution in [3.05, 3.63) is 35.4 Å². The molecule has 0 spiro atoms. The quantitative estimate of drug-likeness (QED) is 0.851. The summed E-state index contributed by atoms with van der Waals surface area (Å²) >= 11 is 0. The second kappa shape index (κ2) is 6.30. The zero-order valence-electron chi connectivity index (χ0n) is 9.96. The Morgan fingerprint density at radius 1 is 1.41 bits per heavy atom. The number of halogens is 2. The minimum atomic E-state index is -1.10. The Labute approximate surface area is 99.4 Å². The summed E-state index contributed by atoms with van der Waals surface area (Å²) in [5.41, 5.74) is -0.260. The van der Waals surface area contributed by atoms with E-state index in [1.54, 1.807) is 0 Å². The molecule has 0 unspecified atom stereocenters. The van der Waals surface area contributed by atoms with Crippen molar-refractivity contribution in [2.75, 3.05) is 26.7 Å². The number of likely N-dealkylation sites (N-methyl/N-ethyl adjacent to an activating group) is 1. The van der Waals surface area contributed by atoms with Crippen LogP contribution in [0.4, 0.5) is 8.78 Å². The Morgan fingerprint density at radius 2 is 2.12 bits per heavy atom. The van der Waals surface area contributed by atoms with Gasteiger partial charge in [-0.25, -0.2) is 8.78 Å². The fourth-order valence-corrected chi connectivity index (χ4v) is 1.29. The summed E-state index contributed by atoms with van der Waals surface area (Å²) in [4.78, 5) is 13.6. The zero-order valence-corrected chi connectivity index (χ0v) is 9.96. The Morgan fingerprint density at radius 3 is 2.76 bits per heavy atom. The van der Waals surface area contributed by atoms with E-state index in [4.69, 9.17) is 0 Å². The van der Waals surface area contributed by atoms with Crippen LogP contribution in [0.5, 0.6) is 0 Å². The topological polar surface area (TPSA) is 32.3 Å². The van der Waals surface area contributed by atoms with E-state index in [0.717, 1.165) is 12.6 Å². The largest absolute Gasteiger partial charge is 0.351 e. The summed E-state index contributed by atoms with van der Waals surface area (Å²) in [5, 5.41) is 2.54. The van der Waals surface area contributed by atoms with Crippen LogP contribution >= 0.6 is 0 Å². The summed E-state index contributed by atoms with van der Waals surface area (Å²) in [5.74, 6) is -2.70. The summed E-state index contributed by atoms with van der Waals surface area (Å²) in [7, 11) is 1.91. The van der Waals surface area contributed by atoms with Gasteiger partial charge in [0.15, 0.2) is 11.6 Å². The van der Waals surface area contributed by atoms with Gasteiger partial charge in [0.2, 0.25) is 0 Å². The van der Waals surface area contributed by atoms with Gasteiger partial charge in [0, 0.05) is 13.1 Å². The summed E-state index contributed by atoms with van der Waals surface area (Å²) < 4.78 is 26.1. The molecule has 1 N–H and O–H groups in total. The average molecular weight is 242 g/mol. The van der Waals surface area contributed by atoms with E-state index in [1.807, 2.05) is 18.9 Å². The number of carbonyl (C=O) groups is 1. The molecular weight excluding hydrogens is 226 g/mol. The molecule has 0 aromatic heterocycles. The number of amides is 1. The van der Waals surface area contributed by atoms with Gasteiger partial charge in [-0.2, -0.15) is 0 Å². The van der Waals surface area contributed by atoms with Gasteiger partial charge in [0.25, 0.3) is 5.91 Å². The van der Waals surface area contributed by atoms with Gasteiger partial charge < -0.3 is 10.2 Å². The van der Waals surface area contributed by atoms with Crippen molar-refractivity contribution in [3.63, 3.8) is 0 Å². The molecule has 5 heteroatoms. The third kappa shape index (κ3) is 3.78. The molecule has 1 aromatic carbocycles. The molecule has 1 aromatic rings. The van der Waals surface area contributed by atoms with Gasteiger partial charge in [-0.3, -0.25) is 4.79 Å². The molecule has 0 aliphatic carbocycles. The maximum Gasteiger partial charge on any atom is 0.254 e. The molecule has 0 radical (unpaired) electrons. The molecule has 0 saturated heterocycles. The van der Waals surface area contributed by atoms with Crippen molar-refractivity contribution >= 4 is 5.91 Å². The third-order valence-corrected chi connectivity index (χ3v) is 2.52. The standard InChI is InChI=1S/C12H16F2N2O/c1-3-16(2)8-7-15-12(17)9-5-4-6-10(13)11(9)14/h4-6H,3,7-8H2,1-2H3,(H,15,17). The molecule has 3 nitrogen and oxygen atoms in total. The van der Waals surface area contributed by atoms with Crippen molar-refractivity contribution in [3.8, 4) is 0 Å². The smallest absolute Gasteiger partial charge is 0.254 e. The lowest BCUT2D eigenvalue weighted by molar-refractivity contribution is 0.0945. The van der Waals surface area contributed by atoms with Crippen LogP contribution in [0.3, 0.4) is 0 Å². The lowest BCUT2D eigenvalue weighted by Crippen LogP contribution is -2.33. The number of nitrogens with zero attached hydrogens (tertiary/aromatic N) is 1. The van der Waals surface area contributed by atoms with E-state index < -0.39 is 17.5 Å². The van der Waals surface area contributed by atoms with Crippen LogP contribution in [0.1, 0.15) is 17.3 Å². The molecule has 0 atom stereocenters. The monoisotopic (exact) mass is 242 g/mol. The lowest BCUT2D eigenvalue weighted by atomic mass is 10.2. The van der Waals surface area contributed by atoms with Gasteiger partial charge >= 0.3 is 0 Å². The Hall–Kier alpha value is -1.49. The Balaban J connectivity index is 2.56. The molecule has 1 rings (SSSR count). The second-order valence-electron chi connectivity index (χ2n) is 3.75. The molecule has 0 bridgehead atoms. The van der Waals surface area contributed by atoms with Crippen LogP contribution in [0.25, 0.3) is 0 Å². The maximum absolute atomic E-state index is 13.3. The molecule has 0 fully saturated rings. The number of benzene rings is 1. The molecular formula is C12H16F2N2O. The molecule has 0 saturated carbocycles. The number of carbonyl (C=O) groups excluding carboxylic acids is 1. The van der Waals surface area contributed by atoms with Crippen LogP contribution in [0, 0.1) is 11.6 Å². The van der Waals surface area contributed by atoms with Gasteiger partial charge in [-0.15, -0.1) is 0 Å². The van der Waals surface area contributed by atoms with E-state index >= 15 is 0 Å². The summed E-state index contributed by atoms with van der Waals surface area (Å²) in [6, 6.07) is 3.56. The fourth-order valence-electron chi connectivity index (χ4n) is 1.29. The van der Waals surface area contributed by atoms with Crippen molar-refractivity contribution in [1.82, 2.24) is 10.2 Å². The first-order valence-electron chi connectivity index (χ1n) is 5.47. The molecule has 0 heterocycles.